The van der Waals surface area contributed by atoms with E-state index in [0.29, 0.717) is 12.5 Å². The van der Waals surface area contributed by atoms with Crippen molar-refractivity contribution < 1.29 is 9.53 Å². The molecule has 0 amide bonds. The summed E-state index contributed by atoms with van der Waals surface area (Å²) >= 11 is 0. The summed E-state index contributed by atoms with van der Waals surface area (Å²) < 4.78 is 5.36. The van der Waals surface area contributed by atoms with Crippen LogP contribution in [0.5, 0.6) is 0 Å². The van der Waals surface area contributed by atoms with Crippen LogP contribution in [0.4, 0.5) is 0 Å². The highest BCUT2D eigenvalue weighted by molar-refractivity contribution is 5.82. The van der Waals surface area contributed by atoms with Gasteiger partial charge in [0, 0.05) is 0 Å². The Morgan fingerprint density at radius 2 is 1.90 bits per heavy atom. The summed E-state index contributed by atoms with van der Waals surface area (Å²) in [4.78, 5) is 12.6. The molecule has 1 aromatic rings. The average molecular weight is 277 g/mol. The number of carbonyl (C=O) groups excluding carboxylic acids is 1. The third-order valence-electron chi connectivity index (χ3n) is 3.28. The van der Waals surface area contributed by atoms with Gasteiger partial charge in [-0.1, -0.05) is 51.1 Å². The summed E-state index contributed by atoms with van der Waals surface area (Å²) in [6, 6.07) is 9.91. The molecule has 1 rings (SSSR count). The Hall–Kier alpha value is -1.35. The summed E-state index contributed by atoms with van der Waals surface area (Å²) in [5.74, 6) is 0.220. The first-order chi connectivity index (χ1) is 9.56. The Bertz CT molecular complexity index is 403. The van der Waals surface area contributed by atoms with Crippen molar-refractivity contribution in [3.8, 4) is 0 Å². The van der Waals surface area contributed by atoms with Crippen molar-refractivity contribution in [1.82, 2.24) is 5.32 Å². The molecule has 0 saturated carbocycles. The molecule has 0 bridgehead atoms. The van der Waals surface area contributed by atoms with Crippen LogP contribution in [0, 0.1) is 5.92 Å². The summed E-state index contributed by atoms with van der Waals surface area (Å²) in [5, 5.41) is 3.44. The van der Waals surface area contributed by atoms with Gasteiger partial charge >= 0.3 is 5.97 Å². The molecule has 112 valence electrons. The normalized spacial score (nSPS) is 14.1. The van der Waals surface area contributed by atoms with Gasteiger partial charge in [-0.2, -0.15) is 0 Å². The monoisotopic (exact) mass is 277 g/mol. The maximum absolute atomic E-state index is 12.6. The second-order valence-corrected chi connectivity index (χ2v) is 5.52. The van der Waals surface area contributed by atoms with E-state index < -0.39 is 5.54 Å². The van der Waals surface area contributed by atoms with Crippen LogP contribution in [0.3, 0.4) is 0 Å². The van der Waals surface area contributed by atoms with Gasteiger partial charge in [0.05, 0.1) is 6.61 Å². The molecule has 1 unspecified atom stereocenters. The molecule has 0 saturated heterocycles. The number of benzene rings is 1. The number of nitrogens with one attached hydrogen (secondary N) is 1. The summed E-state index contributed by atoms with van der Waals surface area (Å²) in [6.45, 7) is 9.40. The predicted octanol–water partition coefficient (Wildman–Crippen LogP) is 3.49. The van der Waals surface area contributed by atoms with Gasteiger partial charge in [0.15, 0.2) is 0 Å². The van der Waals surface area contributed by atoms with Crippen LogP contribution in [0.2, 0.25) is 0 Å². The van der Waals surface area contributed by atoms with Crippen molar-refractivity contribution in [2.45, 2.75) is 46.1 Å². The predicted molar refractivity (Wildman–Crippen MR) is 82.5 cm³/mol. The smallest absolute Gasteiger partial charge is 0.330 e. The molecular formula is C17H27NO2. The number of carbonyl (C=O) groups is 1. The minimum Gasteiger partial charge on any atom is -0.464 e. The van der Waals surface area contributed by atoms with Crippen molar-refractivity contribution in [3.63, 3.8) is 0 Å². The molecule has 0 aliphatic carbocycles. The third-order valence-corrected chi connectivity index (χ3v) is 3.28. The zero-order valence-electron chi connectivity index (χ0n) is 13.1. The molecule has 0 aliphatic rings. The molecule has 1 atom stereocenters. The van der Waals surface area contributed by atoms with Crippen molar-refractivity contribution in [1.29, 1.82) is 0 Å². The van der Waals surface area contributed by atoms with Crippen molar-refractivity contribution >= 4 is 5.97 Å². The third kappa shape index (κ3) is 4.07. The maximum Gasteiger partial charge on any atom is 0.330 e. The SMILES string of the molecule is CCCNC(CC(C)C)(C(=O)OCC)c1ccccc1. The second-order valence-electron chi connectivity index (χ2n) is 5.52. The standard InChI is InChI=1S/C17H27NO2/c1-5-12-18-17(13-14(3)4,16(19)20-6-2)15-10-8-7-9-11-15/h7-11,14,18H,5-6,12-13H2,1-4H3. The number of rotatable bonds is 8. The lowest BCUT2D eigenvalue weighted by molar-refractivity contribution is -0.152. The molecule has 0 aliphatic heterocycles. The van der Waals surface area contributed by atoms with Crippen LogP contribution in [0.15, 0.2) is 30.3 Å². The topological polar surface area (TPSA) is 38.3 Å². The van der Waals surface area contributed by atoms with Crippen molar-refractivity contribution in [2.75, 3.05) is 13.2 Å². The second kappa shape index (κ2) is 8.05. The maximum atomic E-state index is 12.6. The van der Waals surface area contributed by atoms with Gasteiger partial charge < -0.3 is 4.74 Å². The quantitative estimate of drug-likeness (QED) is 0.739. The number of hydrogen-bond acceptors (Lipinski definition) is 3. The van der Waals surface area contributed by atoms with Crippen LogP contribution in [-0.4, -0.2) is 19.1 Å². The van der Waals surface area contributed by atoms with Crippen molar-refractivity contribution in [2.24, 2.45) is 5.92 Å². The van der Waals surface area contributed by atoms with E-state index in [9.17, 15) is 4.79 Å². The molecule has 1 N–H and O–H groups in total. The summed E-state index contributed by atoms with van der Waals surface area (Å²) in [5.41, 5.74) is 0.252. The summed E-state index contributed by atoms with van der Waals surface area (Å²) in [7, 11) is 0. The first kappa shape index (κ1) is 16.7. The Balaban J connectivity index is 3.21. The van der Waals surface area contributed by atoms with E-state index >= 15 is 0 Å². The van der Waals surface area contributed by atoms with E-state index in [1.165, 1.54) is 0 Å². The molecule has 0 radical (unpaired) electrons. The van der Waals surface area contributed by atoms with Crippen LogP contribution in [-0.2, 0) is 15.1 Å². The molecule has 3 heteroatoms. The highest BCUT2D eigenvalue weighted by Gasteiger charge is 2.41. The van der Waals surface area contributed by atoms with E-state index in [1.807, 2.05) is 37.3 Å². The first-order valence-electron chi connectivity index (χ1n) is 7.54. The zero-order valence-corrected chi connectivity index (χ0v) is 13.1. The van der Waals surface area contributed by atoms with Gasteiger partial charge in [-0.05, 0) is 37.8 Å². The molecular weight excluding hydrogens is 250 g/mol. The molecule has 0 aromatic heterocycles. The highest BCUT2D eigenvalue weighted by Crippen LogP contribution is 2.30. The van der Waals surface area contributed by atoms with Crippen LogP contribution in [0.25, 0.3) is 0 Å². The molecule has 1 aromatic carbocycles. The molecule has 0 fully saturated rings. The lowest BCUT2D eigenvalue weighted by Gasteiger charge is -2.34. The lowest BCUT2D eigenvalue weighted by atomic mass is 9.82. The molecule has 0 heterocycles. The largest absolute Gasteiger partial charge is 0.464 e. The summed E-state index contributed by atoms with van der Waals surface area (Å²) in [6.07, 6.45) is 1.71. The van der Waals surface area contributed by atoms with E-state index in [2.05, 4.69) is 26.1 Å². The lowest BCUT2D eigenvalue weighted by Crippen LogP contribution is -2.51. The Morgan fingerprint density at radius 3 is 2.40 bits per heavy atom. The van der Waals surface area contributed by atoms with Gasteiger partial charge in [0.1, 0.15) is 5.54 Å². The minimum absolute atomic E-state index is 0.173. The van der Waals surface area contributed by atoms with E-state index in [0.717, 1.165) is 24.9 Å². The van der Waals surface area contributed by atoms with Crippen molar-refractivity contribution in [3.05, 3.63) is 35.9 Å². The van der Waals surface area contributed by atoms with E-state index in [-0.39, 0.29) is 5.97 Å². The fourth-order valence-electron chi connectivity index (χ4n) is 2.49. The van der Waals surface area contributed by atoms with Gasteiger partial charge in [-0.3, -0.25) is 5.32 Å². The highest BCUT2D eigenvalue weighted by atomic mass is 16.5. The molecule has 3 nitrogen and oxygen atoms in total. The molecule has 0 spiro atoms. The fourth-order valence-corrected chi connectivity index (χ4v) is 2.49. The van der Waals surface area contributed by atoms with Gasteiger partial charge in [-0.15, -0.1) is 0 Å². The number of esters is 1. The Labute approximate surface area is 122 Å². The van der Waals surface area contributed by atoms with E-state index in [4.69, 9.17) is 4.74 Å². The fraction of sp³-hybridized carbons (Fsp3) is 0.588. The average Bonchev–Trinajstić information content (AvgIpc) is 2.44. The first-order valence-corrected chi connectivity index (χ1v) is 7.54. The Morgan fingerprint density at radius 1 is 1.25 bits per heavy atom. The number of hydrogen-bond donors (Lipinski definition) is 1. The molecule has 20 heavy (non-hydrogen) atoms. The van der Waals surface area contributed by atoms with Crippen LogP contribution < -0.4 is 5.32 Å². The zero-order chi connectivity index (χ0) is 15.0. The number of ether oxygens (including phenoxy) is 1. The van der Waals surface area contributed by atoms with Crippen LogP contribution in [0.1, 0.15) is 46.1 Å². The van der Waals surface area contributed by atoms with Gasteiger partial charge in [0.2, 0.25) is 0 Å². The van der Waals surface area contributed by atoms with Gasteiger partial charge in [0.25, 0.3) is 0 Å². The van der Waals surface area contributed by atoms with Crippen LogP contribution >= 0.6 is 0 Å². The Kier molecular flexibility index (Phi) is 6.73. The van der Waals surface area contributed by atoms with E-state index in [1.54, 1.807) is 0 Å². The minimum atomic E-state index is -0.735. The van der Waals surface area contributed by atoms with Gasteiger partial charge in [-0.25, -0.2) is 4.79 Å².